The normalized spacial score (nSPS) is 10.4. The van der Waals surface area contributed by atoms with Gasteiger partial charge in [-0.1, -0.05) is 18.2 Å². The Morgan fingerprint density at radius 2 is 1.46 bits per heavy atom. The van der Waals surface area contributed by atoms with Gasteiger partial charge in [-0.2, -0.15) is 5.10 Å². The summed E-state index contributed by atoms with van der Waals surface area (Å²) in [7, 11) is 0. The number of para-hydroxylation sites is 1. The summed E-state index contributed by atoms with van der Waals surface area (Å²) < 4.78 is 10.3. The molecule has 0 atom stereocenters. The number of benzene rings is 2. The summed E-state index contributed by atoms with van der Waals surface area (Å²) in [6, 6.07) is 17.4. The van der Waals surface area contributed by atoms with Gasteiger partial charge in [0.15, 0.2) is 0 Å². The number of nitrogens with one attached hydrogen (secondary N) is 4. The molecular weight excluding hydrogens is 482 g/mol. The first kappa shape index (κ1) is 26.3. The molecule has 3 aromatic rings. The van der Waals surface area contributed by atoms with E-state index in [1.165, 1.54) is 30.3 Å². The highest BCUT2D eigenvalue weighted by atomic mass is 16.5. The van der Waals surface area contributed by atoms with Crippen LogP contribution in [0.2, 0.25) is 0 Å². The van der Waals surface area contributed by atoms with E-state index in [4.69, 9.17) is 9.15 Å². The zero-order valence-corrected chi connectivity index (χ0v) is 19.6. The van der Waals surface area contributed by atoms with Gasteiger partial charge in [0, 0.05) is 11.4 Å². The molecule has 0 spiro atoms. The van der Waals surface area contributed by atoms with Crippen molar-refractivity contribution in [3.05, 3.63) is 83.8 Å². The first-order chi connectivity index (χ1) is 17.9. The Hall–Kier alpha value is -5.26. The maximum Gasteiger partial charge on any atom is 0.338 e. The highest BCUT2D eigenvalue weighted by Gasteiger charge is 2.15. The van der Waals surface area contributed by atoms with E-state index < -0.39 is 29.6 Å². The Morgan fingerprint density at radius 1 is 0.811 bits per heavy atom. The predicted octanol–water partition coefficient (Wildman–Crippen LogP) is 1.80. The molecule has 1 heterocycles. The third-order valence-corrected chi connectivity index (χ3v) is 4.56. The average molecular weight is 505 g/mol. The maximum atomic E-state index is 12.0. The van der Waals surface area contributed by atoms with Crippen LogP contribution in [0, 0.1) is 0 Å². The molecule has 0 aliphatic rings. The molecule has 1 aromatic heterocycles. The topological polar surface area (TPSA) is 168 Å². The lowest BCUT2D eigenvalue weighted by Crippen LogP contribution is -2.34. The van der Waals surface area contributed by atoms with E-state index >= 15 is 0 Å². The lowest BCUT2D eigenvalue weighted by Gasteiger charge is -2.05. The molecule has 37 heavy (non-hydrogen) atoms. The van der Waals surface area contributed by atoms with Crippen LogP contribution in [0.15, 0.2) is 76.2 Å². The number of esters is 1. The molecule has 4 N–H and O–H groups in total. The van der Waals surface area contributed by atoms with Gasteiger partial charge < -0.3 is 25.1 Å². The zero-order valence-electron chi connectivity index (χ0n) is 19.6. The van der Waals surface area contributed by atoms with E-state index in [1.54, 1.807) is 43.3 Å². The van der Waals surface area contributed by atoms with Crippen molar-refractivity contribution in [1.29, 1.82) is 0 Å². The Morgan fingerprint density at radius 3 is 2.14 bits per heavy atom. The van der Waals surface area contributed by atoms with Gasteiger partial charge in [0.1, 0.15) is 11.5 Å². The van der Waals surface area contributed by atoms with Gasteiger partial charge >= 0.3 is 29.6 Å². The molecule has 0 saturated heterocycles. The number of hydrogen-bond donors (Lipinski definition) is 4. The highest BCUT2D eigenvalue weighted by molar-refractivity contribution is 6.40. The maximum absolute atomic E-state index is 12.0. The summed E-state index contributed by atoms with van der Waals surface area (Å²) in [6.07, 6.45) is 1.16. The fourth-order valence-corrected chi connectivity index (χ4v) is 2.81. The Balaban J connectivity index is 1.42. The van der Waals surface area contributed by atoms with Crippen molar-refractivity contribution in [2.75, 3.05) is 17.2 Å². The van der Waals surface area contributed by atoms with E-state index in [9.17, 15) is 24.0 Å². The largest absolute Gasteiger partial charge is 0.462 e. The second-order valence-corrected chi connectivity index (χ2v) is 7.26. The van der Waals surface area contributed by atoms with Crippen molar-refractivity contribution >= 4 is 47.2 Å². The van der Waals surface area contributed by atoms with Crippen LogP contribution < -0.4 is 21.4 Å². The summed E-state index contributed by atoms with van der Waals surface area (Å²) in [4.78, 5) is 59.5. The van der Waals surface area contributed by atoms with E-state index in [0.717, 1.165) is 6.21 Å². The van der Waals surface area contributed by atoms with E-state index in [1.807, 2.05) is 0 Å². The predicted molar refractivity (Wildman–Crippen MR) is 132 cm³/mol. The molecule has 0 radical (unpaired) electrons. The Labute approximate surface area is 211 Å². The van der Waals surface area contributed by atoms with Gasteiger partial charge in [-0.3, -0.25) is 19.2 Å². The molecule has 2 aromatic carbocycles. The van der Waals surface area contributed by atoms with Crippen molar-refractivity contribution in [2.45, 2.75) is 13.5 Å². The van der Waals surface area contributed by atoms with Crippen molar-refractivity contribution in [3.63, 3.8) is 0 Å². The fraction of sp³-hybridized carbons (Fsp3) is 0.120. The molecule has 0 aliphatic heterocycles. The number of hydrogen-bond acceptors (Lipinski definition) is 8. The molecular formula is C25H23N5O7. The van der Waals surface area contributed by atoms with E-state index in [2.05, 4.69) is 26.5 Å². The summed E-state index contributed by atoms with van der Waals surface area (Å²) in [5.74, 6) is -3.61. The van der Waals surface area contributed by atoms with Gasteiger partial charge in [0.25, 0.3) is 0 Å². The standard InChI is InChI=1S/C25H23N5O7/c1-2-36-25(35)16-8-10-18(11-9-16)29-23(33)24(34)30-27-15-20-13-12-19(37-20)14-26-21(31)22(32)28-17-6-4-3-5-7-17/h3-13,15H,2,14H2,1H3,(H,26,31)(H,28,32)(H,29,33)(H,30,34)/b27-15+. The fourth-order valence-electron chi connectivity index (χ4n) is 2.81. The van der Waals surface area contributed by atoms with Crippen LogP contribution in [-0.2, 0) is 30.5 Å². The number of furan rings is 1. The summed E-state index contributed by atoms with van der Waals surface area (Å²) in [6.45, 7) is 1.87. The highest BCUT2D eigenvalue weighted by Crippen LogP contribution is 2.11. The lowest BCUT2D eigenvalue weighted by molar-refractivity contribution is -0.136. The van der Waals surface area contributed by atoms with E-state index in [-0.39, 0.29) is 18.9 Å². The van der Waals surface area contributed by atoms with Crippen molar-refractivity contribution < 1.29 is 33.1 Å². The lowest BCUT2D eigenvalue weighted by atomic mass is 10.2. The summed E-state index contributed by atoms with van der Waals surface area (Å²) in [5, 5.41) is 10.9. The van der Waals surface area contributed by atoms with Crippen molar-refractivity contribution in [1.82, 2.24) is 10.7 Å². The average Bonchev–Trinajstić information content (AvgIpc) is 3.36. The smallest absolute Gasteiger partial charge is 0.338 e. The van der Waals surface area contributed by atoms with Crippen LogP contribution in [0.5, 0.6) is 0 Å². The molecule has 3 rings (SSSR count). The van der Waals surface area contributed by atoms with Crippen molar-refractivity contribution in [3.8, 4) is 0 Å². The molecule has 0 saturated carbocycles. The second-order valence-electron chi connectivity index (χ2n) is 7.26. The van der Waals surface area contributed by atoms with Crippen LogP contribution >= 0.6 is 0 Å². The first-order valence-corrected chi connectivity index (χ1v) is 11.0. The Kier molecular flexibility index (Phi) is 9.25. The molecule has 12 heteroatoms. The zero-order chi connectivity index (χ0) is 26.6. The minimum atomic E-state index is -1.03. The van der Waals surface area contributed by atoms with Crippen LogP contribution in [0.25, 0.3) is 0 Å². The monoisotopic (exact) mass is 505 g/mol. The number of ether oxygens (including phenoxy) is 1. The van der Waals surface area contributed by atoms with Gasteiger partial charge in [0.2, 0.25) is 0 Å². The molecule has 0 unspecified atom stereocenters. The molecule has 190 valence electrons. The van der Waals surface area contributed by atoms with Crippen LogP contribution in [0.3, 0.4) is 0 Å². The number of carbonyl (C=O) groups excluding carboxylic acids is 5. The second kappa shape index (κ2) is 13.0. The summed E-state index contributed by atoms with van der Waals surface area (Å²) >= 11 is 0. The van der Waals surface area contributed by atoms with Crippen molar-refractivity contribution in [2.24, 2.45) is 5.10 Å². The minimum absolute atomic E-state index is 0.0569. The number of rotatable bonds is 8. The minimum Gasteiger partial charge on any atom is -0.462 e. The number of carbonyl (C=O) groups is 5. The molecule has 0 aliphatic carbocycles. The van der Waals surface area contributed by atoms with Crippen LogP contribution in [0.4, 0.5) is 11.4 Å². The SMILES string of the molecule is CCOC(=O)c1ccc(NC(=O)C(=O)N/N=C/c2ccc(CNC(=O)C(=O)Nc3ccccc3)o2)cc1. The molecule has 0 bridgehead atoms. The van der Waals surface area contributed by atoms with E-state index in [0.29, 0.717) is 22.7 Å². The van der Waals surface area contributed by atoms with Gasteiger partial charge in [-0.05, 0) is 55.5 Å². The summed E-state index contributed by atoms with van der Waals surface area (Å²) in [5.41, 5.74) is 3.15. The quantitative estimate of drug-likeness (QED) is 0.157. The number of nitrogens with zero attached hydrogens (tertiary/aromatic N) is 1. The first-order valence-electron chi connectivity index (χ1n) is 11.0. The number of hydrazone groups is 1. The van der Waals surface area contributed by atoms with Gasteiger partial charge in [0.05, 0.1) is 24.9 Å². The third kappa shape index (κ3) is 8.17. The van der Waals surface area contributed by atoms with Crippen LogP contribution in [0.1, 0.15) is 28.8 Å². The third-order valence-electron chi connectivity index (χ3n) is 4.56. The number of anilines is 2. The molecule has 4 amide bonds. The van der Waals surface area contributed by atoms with Crippen LogP contribution in [-0.4, -0.2) is 42.4 Å². The van der Waals surface area contributed by atoms with Gasteiger partial charge in [-0.15, -0.1) is 0 Å². The Bertz CT molecular complexity index is 1300. The molecule has 12 nitrogen and oxygen atoms in total. The molecule has 0 fully saturated rings. The van der Waals surface area contributed by atoms with Gasteiger partial charge in [-0.25, -0.2) is 10.2 Å². The number of amides is 4.